The average Bonchev–Trinajstić information content (AvgIpc) is 2.34. The fraction of sp³-hybridized carbons (Fsp3) is 0.625. The van der Waals surface area contributed by atoms with Gasteiger partial charge in [-0.1, -0.05) is 6.07 Å². The van der Waals surface area contributed by atoms with Crippen LogP contribution in [0.3, 0.4) is 0 Å². The lowest BCUT2D eigenvalue weighted by Gasteiger charge is -2.38. The van der Waals surface area contributed by atoms with E-state index in [0.717, 1.165) is 0 Å². The van der Waals surface area contributed by atoms with E-state index in [1.54, 1.807) is 60.6 Å². The van der Waals surface area contributed by atoms with Crippen molar-refractivity contribution in [3.05, 3.63) is 18.3 Å². The van der Waals surface area contributed by atoms with Crippen LogP contribution in [-0.4, -0.2) is 45.1 Å². The molecular formula is C16H27BN2O5. The minimum atomic E-state index is -1.38. The second-order valence-electron chi connectivity index (χ2n) is 7.61. The second kappa shape index (κ2) is 7.08. The standard InChI is InChI=1S/C16H27BN2O5/c1-14(2,3)23-13(20)19-12-11(9-8-10-18-12)17(22)24-16(6,7)15(4,5)21/h8-10,21-22H,1-7H3,(H,18,19,20). The zero-order valence-corrected chi connectivity index (χ0v) is 15.4. The summed E-state index contributed by atoms with van der Waals surface area (Å²) < 4.78 is 10.8. The third-order valence-electron chi connectivity index (χ3n) is 3.60. The predicted molar refractivity (Wildman–Crippen MR) is 93.2 cm³/mol. The molecule has 0 saturated heterocycles. The highest BCUT2D eigenvalue weighted by Crippen LogP contribution is 2.25. The van der Waals surface area contributed by atoms with Gasteiger partial charge in [0.15, 0.2) is 0 Å². The van der Waals surface area contributed by atoms with E-state index in [2.05, 4.69) is 10.3 Å². The fourth-order valence-electron chi connectivity index (χ4n) is 1.61. The summed E-state index contributed by atoms with van der Waals surface area (Å²) in [7, 11) is -1.38. The van der Waals surface area contributed by atoms with Crippen LogP contribution >= 0.6 is 0 Å². The molecule has 0 spiro atoms. The summed E-state index contributed by atoms with van der Waals surface area (Å²) in [5, 5.41) is 23.0. The van der Waals surface area contributed by atoms with E-state index in [1.807, 2.05) is 0 Å². The highest BCUT2D eigenvalue weighted by molar-refractivity contribution is 6.62. The molecular weight excluding hydrogens is 311 g/mol. The third-order valence-corrected chi connectivity index (χ3v) is 3.60. The van der Waals surface area contributed by atoms with Gasteiger partial charge in [-0.15, -0.1) is 0 Å². The van der Waals surface area contributed by atoms with Crippen LogP contribution < -0.4 is 10.8 Å². The summed E-state index contributed by atoms with van der Waals surface area (Å²) in [4.78, 5) is 16.0. The average molecular weight is 338 g/mol. The zero-order chi connectivity index (χ0) is 18.8. The van der Waals surface area contributed by atoms with Crippen LogP contribution in [0.15, 0.2) is 18.3 Å². The number of amides is 1. The molecule has 0 aromatic carbocycles. The Hall–Kier alpha value is -1.64. The third kappa shape index (κ3) is 5.77. The van der Waals surface area contributed by atoms with Gasteiger partial charge in [0.25, 0.3) is 0 Å². The van der Waals surface area contributed by atoms with Crippen molar-refractivity contribution in [3.8, 4) is 0 Å². The first-order chi connectivity index (χ1) is 10.7. The molecule has 3 N–H and O–H groups in total. The Morgan fingerprint density at radius 3 is 2.29 bits per heavy atom. The lowest BCUT2D eigenvalue weighted by atomic mass is 9.76. The summed E-state index contributed by atoms with van der Waals surface area (Å²) in [6, 6.07) is 3.18. The molecule has 0 bridgehead atoms. The molecule has 0 fully saturated rings. The first kappa shape index (κ1) is 20.4. The molecule has 8 heteroatoms. The number of aromatic nitrogens is 1. The van der Waals surface area contributed by atoms with Crippen molar-refractivity contribution in [3.63, 3.8) is 0 Å². The number of nitrogens with one attached hydrogen (secondary N) is 1. The van der Waals surface area contributed by atoms with E-state index in [-0.39, 0.29) is 11.3 Å². The molecule has 0 saturated carbocycles. The first-order valence-electron chi connectivity index (χ1n) is 7.76. The number of aliphatic hydroxyl groups is 1. The van der Waals surface area contributed by atoms with E-state index in [4.69, 9.17) is 9.39 Å². The second-order valence-corrected chi connectivity index (χ2v) is 7.61. The Balaban J connectivity index is 2.96. The summed E-state index contributed by atoms with van der Waals surface area (Å²) in [6.07, 6.45) is 0.792. The summed E-state index contributed by atoms with van der Waals surface area (Å²) in [6.45, 7) is 11.7. The van der Waals surface area contributed by atoms with Crippen LogP contribution in [0.1, 0.15) is 48.5 Å². The highest BCUT2D eigenvalue weighted by atomic mass is 16.6. The van der Waals surface area contributed by atoms with Gasteiger partial charge < -0.3 is 19.5 Å². The Morgan fingerprint density at radius 1 is 1.21 bits per heavy atom. The molecule has 7 nitrogen and oxygen atoms in total. The number of nitrogens with zero attached hydrogens (tertiary/aromatic N) is 1. The Morgan fingerprint density at radius 2 is 1.79 bits per heavy atom. The van der Waals surface area contributed by atoms with Gasteiger partial charge in [-0.25, -0.2) is 9.78 Å². The minimum absolute atomic E-state index is 0.130. The van der Waals surface area contributed by atoms with Gasteiger partial charge in [0.1, 0.15) is 11.4 Å². The van der Waals surface area contributed by atoms with E-state index < -0.39 is 30.0 Å². The van der Waals surface area contributed by atoms with Crippen LogP contribution in [0.2, 0.25) is 0 Å². The fourth-order valence-corrected chi connectivity index (χ4v) is 1.61. The molecule has 1 heterocycles. The predicted octanol–water partition coefficient (Wildman–Crippen LogP) is 1.68. The Bertz CT molecular complexity index is 579. The van der Waals surface area contributed by atoms with Crippen LogP contribution in [0.25, 0.3) is 0 Å². The molecule has 134 valence electrons. The van der Waals surface area contributed by atoms with Gasteiger partial charge in [-0.2, -0.15) is 0 Å². The Kier molecular flexibility index (Phi) is 6.02. The summed E-state index contributed by atoms with van der Waals surface area (Å²) in [5.41, 5.74) is -2.61. The van der Waals surface area contributed by atoms with Crippen LogP contribution in [0.5, 0.6) is 0 Å². The lowest BCUT2D eigenvalue weighted by molar-refractivity contribution is -0.0982. The van der Waals surface area contributed by atoms with E-state index in [1.165, 1.54) is 6.20 Å². The monoisotopic (exact) mass is 338 g/mol. The number of anilines is 1. The molecule has 1 aromatic rings. The quantitative estimate of drug-likeness (QED) is 0.706. The van der Waals surface area contributed by atoms with Gasteiger partial charge in [0.05, 0.1) is 11.2 Å². The van der Waals surface area contributed by atoms with Crippen LogP contribution in [0, 0.1) is 0 Å². The molecule has 1 amide bonds. The molecule has 0 atom stereocenters. The molecule has 0 radical (unpaired) electrons. The SMILES string of the molecule is CC(C)(C)OC(=O)Nc1ncccc1B(O)OC(C)(C)C(C)(C)O. The number of carbonyl (C=O) groups excluding carboxylic acids is 1. The maximum Gasteiger partial charge on any atom is 0.495 e. The minimum Gasteiger partial charge on any atom is -0.444 e. The van der Waals surface area contributed by atoms with E-state index in [0.29, 0.717) is 0 Å². The van der Waals surface area contributed by atoms with Crippen molar-refractivity contribution in [1.82, 2.24) is 4.98 Å². The van der Waals surface area contributed by atoms with Crippen molar-refractivity contribution < 1.29 is 24.3 Å². The van der Waals surface area contributed by atoms with Gasteiger partial charge >= 0.3 is 13.2 Å². The largest absolute Gasteiger partial charge is 0.495 e. The first-order valence-corrected chi connectivity index (χ1v) is 7.76. The molecule has 0 aliphatic heterocycles. The van der Waals surface area contributed by atoms with Crippen LogP contribution in [-0.2, 0) is 9.39 Å². The van der Waals surface area contributed by atoms with Gasteiger partial charge in [0, 0.05) is 11.7 Å². The number of ether oxygens (including phenoxy) is 1. The molecule has 1 rings (SSSR count). The highest BCUT2D eigenvalue weighted by Gasteiger charge is 2.40. The molecule has 0 aliphatic rings. The van der Waals surface area contributed by atoms with Crippen molar-refractivity contribution in [2.24, 2.45) is 0 Å². The number of hydrogen-bond acceptors (Lipinski definition) is 6. The normalized spacial score (nSPS) is 12.7. The Labute approximate surface area is 143 Å². The van der Waals surface area contributed by atoms with Crippen molar-refractivity contribution in [2.45, 2.75) is 65.3 Å². The molecule has 24 heavy (non-hydrogen) atoms. The van der Waals surface area contributed by atoms with Gasteiger partial charge in [-0.3, -0.25) is 5.32 Å². The lowest BCUT2D eigenvalue weighted by Crippen LogP contribution is -2.53. The van der Waals surface area contributed by atoms with Gasteiger partial charge in [0.2, 0.25) is 0 Å². The molecule has 1 aromatic heterocycles. The van der Waals surface area contributed by atoms with Crippen molar-refractivity contribution in [1.29, 1.82) is 0 Å². The van der Waals surface area contributed by atoms with E-state index >= 15 is 0 Å². The van der Waals surface area contributed by atoms with Crippen molar-refractivity contribution >= 4 is 24.5 Å². The summed E-state index contributed by atoms with van der Waals surface area (Å²) in [5.74, 6) is 0.130. The number of carbonyl (C=O) groups is 1. The smallest absolute Gasteiger partial charge is 0.444 e. The zero-order valence-electron chi connectivity index (χ0n) is 15.4. The maximum absolute atomic E-state index is 11.9. The summed E-state index contributed by atoms with van der Waals surface area (Å²) >= 11 is 0. The number of rotatable bonds is 5. The van der Waals surface area contributed by atoms with Crippen LogP contribution in [0.4, 0.5) is 10.6 Å². The maximum atomic E-state index is 11.9. The number of hydrogen-bond donors (Lipinski definition) is 3. The topological polar surface area (TPSA) is 101 Å². The molecule has 0 aliphatic carbocycles. The van der Waals surface area contributed by atoms with Gasteiger partial charge in [-0.05, 0) is 54.5 Å². The molecule has 0 unspecified atom stereocenters. The number of pyridine rings is 1. The van der Waals surface area contributed by atoms with Crippen molar-refractivity contribution in [2.75, 3.05) is 5.32 Å². The van der Waals surface area contributed by atoms with E-state index in [9.17, 15) is 14.9 Å².